The Morgan fingerprint density at radius 1 is 1.28 bits per heavy atom. The minimum absolute atomic E-state index is 0.0198. The largest absolute Gasteiger partial charge is 0.503 e. The maximum absolute atomic E-state index is 14.0. The van der Waals surface area contributed by atoms with Gasteiger partial charge in [0, 0.05) is 25.3 Å². The molecule has 0 amide bonds. The van der Waals surface area contributed by atoms with Gasteiger partial charge in [0.25, 0.3) is 0 Å². The van der Waals surface area contributed by atoms with E-state index < -0.39 is 28.2 Å². The molecular formula is C22H19F2N3O4S. The molecule has 0 spiro atoms. The molecule has 2 aromatic heterocycles. The summed E-state index contributed by atoms with van der Waals surface area (Å²) in [4.78, 5) is 26.0. The van der Waals surface area contributed by atoms with Crippen LogP contribution in [0.3, 0.4) is 0 Å². The number of carbonyl (C=O) groups is 1. The van der Waals surface area contributed by atoms with Crippen LogP contribution < -0.4 is 5.43 Å². The molecule has 2 atom stereocenters. The van der Waals surface area contributed by atoms with Crippen LogP contribution in [0.25, 0.3) is 10.6 Å². The fourth-order valence-electron chi connectivity index (χ4n) is 4.51. The summed E-state index contributed by atoms with van der Waals surface area (Å²) in [5.41, 5.74) is -1.26. The van der Waals surface area contributed by atoms with Gasteiger partial charge in [-0.25, -0.2) is 8.78 Å². The third-order valence-electron chi connectivity index (χ3n) is 6.19. The topological polar surface area (TPSA) is 94.3 Å². The highest BCUT2D eigenvalue weighted by atomic mass is 32.1. The molecule has 0 bridgehead atoms. The zero-order valence-corrected chi connectivity index (χ0v) is 18.1. The Hall–Kier alpha value is -2.98. The maximum Gasteiger partial charge on any atom is 0.234 e. The molecule has 166 valence electrons. The van der Waals surface area contributed by atoms with E-state index in [0.29, 0.717) is 18.0 Å². The lowest BCUT2D eigenvalue weighted by molar-refractivity contribution is -0.00280. The number of ether oxygens (including phenoxy) is 1. The molecule has 4 heterocycles. The smallest absolute Gasteiger partial charge is 0.234 e. The van der Waals surface area contributed by atoms with E-state index in [2.05, 4.69) is 10.2 Å². The van der Waals surface area contributed by atoms with Crippen molar-refractivity contribution in [2.45, 2.75) is 38.8 Å². The molecular weight excluding hydrogens is 440 g/mol. The van der Waals surface area contributed by atoms with Crippen LogP contribution in [0.4, 0.5) is 8.78 Å². The van der Waals surface area contributed by atoms with Crippen LogP contribution in [0.1, 0.15) is 47.4 Å². The zero-order valence-electron chi connectivity index (χ0n) is 17.3. The van der Waals surface area contributed by atoms with Gasteiger partial charge in [0.2, 0.25) is 5.43 Å². The molecule has 7 nitrogen and oxygen atoms in total. The molecule has 1 saturated heterocycles. The lowest BCUT2D eigenvalue weighted by Gasteiger charge is -2.40. The van der Waals surface area contributed by atoms with Gasteiger partial charge in [-0.1, -0.05) is 17.4 Å². The van der Waals surface area contributed by atoms with Gasteiger partial charge in [-0.3, -0.25) is 9.59 Å². The molecule has 2 aliphatic heterocycles. The van der Waals surface area contributed by atoms with Crippen LogP contribution in [0.15, 0.2) is 29.2 Å². The Labute approximate surface area is 185 Å². The quantitative estimate of drug-likeness (QED) is 0.644. The minimum atomic E-state index is -0.873. The van der Waals surface area contributed by atoms with E-state index in [0.717, 1.165) is 23.5 Å². The van der Waals surface area contributed by atoms with Crippen LogP contribution in [0, 0.1) is 17.0 Å². The number of Topliss-reactive ketones (excluding diaryl/α,β-unsaturated/α-hetero) is 1. The first kappa shape index (κ1) is 20.9. The van der Waals surface area contributed by atoms with Crippen molar-refractivity contribution < 1.29 is 23.4 Å². The highest BCUT2D eigenvalue weighted by Gasteiger charge is 2.52. The minimum Gasteiger partial charge on any atom is -0.503 e. The van der Waals surface area contributed by atoms with Gasteiger partial charge in [-0.15, -0.1) is 10.2 Å². The number of halogens is 2. The zero-order chi connectivity index (χ0) is 22.8. The number of aromatic hydroxyl groups is 1. The van der Waals surface area contributed by atoms with E-state index >= 15 is 0 Å². The number of benzene rings is 1. The predicted molar refractivity (Wildman–Crippen MR) is 112 cm³/mol. The van der Waals surface area contributed by atoms with E-state index in [4.69, 9.17) is 4.74 Å². The Kier molecular flexibility index (Phi) is 4.75. The average molecular weight is 459 g/mol. The third-order valence-corrected chi connectivity index (χ3v) is 7.15. The van der Waals surface area contributed by atoms with Gasteiger partial charge in [0.1, 0.15) is 22.3 Å². The molecule has 0 radical (unpaired) electrons. The number of hydrogen-bond donors (Lipinski definition) is 1. The molecule has 2 aliphatic rings. The number of fused-ring (bicyclic) bond motifs is 3. The van der Waals surface area contributed by atoms with E-state index in [9.17, 15) is 23.5 Å². The third kappa shape index (κ3) is 3.08. The second kappa shape index (κ2) is 7.28. The molecule has 1 aromatic carbocycles. The molecule has 32 heavy (non-hydrogen) atoms. The number of hydrogen-bond acceptors (Lipinski definition) is 7. The summed E-state index contributed by atoms with van der Waals surface area (Å²) in [5, 5.41) is 19.4. The lowest BCUT2D eigenvalue weighted by atomic mass is 9.74. The standard InChI is InChI=1S/C22H19F2N3O4S/c1-22(2)19(30)16-18(29)17(28)12(9-27(16)14-5-6-31-20(14)22)21-26-25-15(32-21)7-10-3-4-11(23)8-13(10)24/h3-4,8-9,14,20,29H,5-7H2,1-2H3/t14-,20+/m1/s1. The first-order chi connectivity index (χ1) is 15.2. The molecule has 5 rings (SSSR count). The summed E-state index contributed by atoms with van der Waals surface area (Å²) < 4.78 is 34.6. The Bertz CT molecular complexity index is 1320. The van der Waals surface area contributed by atoms with Crippen molar-refractivity contribution in [2.75, 3.05) is 6.61 Å². The normalized spacial score (nSPS) is 21.4. The van der Waals surface area contributed by atoms with Crippen molar-refractivity contribution in [2.24, 2.45) is 5.41 Å². The number of ketones is 1. The van der Waals surface area contributed by atoms with Crippen LogP contribution in [-0.2, 0) is 11.2 Å². The van der Waals surface area contributed by atoms with E-state index in [1.807, 2.05) is 0 Å². The Morgan fingerprint density at radius 2 is 2.06 bits per heavy atom. The molecule has 1 fully saturated rings. The number of aromatic nitrogens is 3. The van der Waals surface area contributed by atoms with Gasteiger partial charge in [-0.05, 0) is 31.9 Å². The molecule has 0 unspecified atom stereocenters. The van der Waals surface area contributed by atoms with E-state index in [1.54, 1.807) is 18.4 Å². The van der Waals surface area contributed by atoms with Crippen LogP contribution in [0.2, 0.25) is 0 Å². The summed E-state index contributed by atoms with van der Waals surface area (Å²) in [6, 6.07) is 3.08. The molecule has 0 aliphatic carbocycles. The van der Waals surface area contributed by atoms with E-state index in [1.165, 1.54) is 12.3 Å². The van der Waals surface area contributed by atoms with Crippen LogP contribution >= 0.6 is 11.3 Å². The number of carbonyl (C=O) groups excluding carboxylic acids is 1. The Morgan fingerprint density at radius 3 is 2.81 bits per heavy atom. The second-order valence-electron chi connectivity index (χ2n) is 8.59. The van der Waals surface area contributed by atoms with Gasteiger partial charge in [-0.2, -0.15) is 0 Å². The summed E-state index contributed by atoms with van der Waals surface area (Å²) in [5.74, 6) is -2.34. The maximum atomic E-state index is 14.0. The molecule has 3 aromatic rings. The summed E-state index contributed by atoms with van der Waals surface area (Å²) >= 11 is 1.07. The molecule has 1 N–H and O–H groups in total. The molecule has 0 saturated carbocycles. The summed E-state index contributed by atoms with van der Waals surface area (Å²) in [6.45, 7) is 3.98. The predicted octanol–water partition coefficient (Wildman–Crippen LogP) is 3.49. The SMILES string of the molecule is CC1(C)C(=O)c2c(O)c(=O)c(-c3nnc(Cc4ccc(F)cc4F)s3)cn2[C@@H]2CCO[C@@H]21. The first-order valence-electron chi connectivity index (χ1n) is 10.1. The highest BCUT2D eigenvalue weighted by molar-refractivity contribution is 7.14. The monoisotopic (exact) mass is 459 g/mol. The second-order valence-corrected chi connectivity index (χ2v) is 9.65. The van der Waals surface area contributed by atoms with Gasteiger partial charge in [0.05, 0.1) is 23.1 Å². The fraction of sp³-hybridized carbons (Fsp3) is 0.364. The van der Waals surface area contributed by atoms with Crippen LogP contribution in [-0.4, -0.2) is 38.4 Å². The number of nitrogens with zero attached hydrogens (tertiary/aromatic N) is 3. The lowest BCUT2D eigenvalue weighted by Crippen LogP contribution is -2.48. The van der Waals surface area contributed by atoms with Gasteiger partial charge < -0.3 is 14.4 Å². The number of rotatable bonds is 3. The van der Waals surface area contributed by atoms with Crippen molar-refractivity contribution >= 4 is 17.1 Å². The van der Waals surface area contributed by atoms with E-state index in [-0.39, 0.29) is 46.2 Å². The van der Waals surface area contributed by atoms with Crippen molar-refractivity contribution in [3.8, 4) is 16.3 Å². The van der Waals surface area contributed by atoms with Crippen molar-refractivity contribution in [1.82, 2.24) is 14.8 Å². The van der Waals surface area contributed by atoms with Gasteiger partial charge >= 0.3 is 0 Å². The molecule has 10 heteroatoms. The number of pyridine rings is 1. The van der Waals surface area contributed by atoms with Crippen LogP contribution in [0.5, 0.6) is 5.75 Å². The Balaban J connectivity index is 1.57. The van der Waals surface area contributed by atoms with Gasteiger partial charge in [0.15, 0.2) is 16.5 Å². The van der Waals surface area contributed by atoms with Crippen molar-refractivity contribution in [1.29, 1.82) is 0 Å². The first-order valence-corrected chi connectivity index (χ1v) is 10.9. The summed E-state index contributed by atoms with van der Waals surface area (Å²) in [7, 11) is 0. The van der Waals surface area contributed by atoms with Crippen molar-refractivity contribution in [3.63, 3.8) is 0 Å². The highest BCUT2D eigenvalue weighted by Crippen LogP contribution is 2.46. The fourth-order valence-corrected chi connectivity index (χ4v) is 5.38. The van der Waals surface area contributed by atoms with Crippen molar-refractivity contribution in [3.05, 3.63) is 62.5 Å². The average Bonchev–Trinajstić information content (AvgIpc) is 3.41. The summed E-state index contributed by atoms with van der Waals surface area (Å²) in [6.07, 6.45) is 1.87.